The van der Waals surface area contributed by atoms with Gasteiger partial charge in [0.1, 0.15) is 0 Å². The Morgan fingerprint density at radius 1 is 1.41 bits per heavy atom. The Balaban J connectivity index is 1.60. The highest BCUT2D eigenvalue weighted by Gasteiger charge is 2.10. The number of benzene rings is 1. The normalized spacial score (nSPS) is 11.0. The summed E-state index contributed by atoms with van der Waals surface area (Å²) in [5.41, 5.74) is 0.616. The number of nitrogens with one attached hydrogen (secondary N) is 1. The highest BCUT2D eigenvalue weighted by Crippen LogP contribution is 2.21. The van der Waals surface area contributed by atoms with Crippen molar-refractivity contribution in [2.75, 3.05) is 13.7 Å². The van der Waals surface area contributed by atoms with Crippen LogP contribution in [-0.4, -0.2) is 29.8 Å². The monoisotopic (exact) mass is 317 g/mol. The molecule has 1 N–H and O–H groups in total. The predicted octanol–water partition coefficient (Wildman–Crippen LogP) is 2.40. The van der Waals surface area contributed by atoms with Crippen LogP contribution in [0.3, 0.4) is 0 Å². The molecule has 0 fully saturated rings. The number of aromatic nitrogens is 2. The smallest absolute Gasteiger partial charge is 0.251 e. The van der Waals surface area contributed by atoms with Gasteiger partial charge in [-0.25, -0.2) is 0 Å². The fraction of sp³-hybridized carbons (Fsp3) is 0.267. The first-order valence-corrected chi connectivity index (χ1v) is 7.70. The lowest BCUT2D eigenvalue weighted by Gasteiger charge is -2.02. The number of hydrogen-bond acceptors (Lipinski definition) is 6. The van der Waals surface area contributed by atoms with Gasteiger partial charge in [-0.3, -0.25) is 4.79 Å². The van der Waals surface area contributed by atoms with Crippen LogP contribution in [-0.2, 0) is 17.7 Å². The lowest BCUT2D eigenvalue weighted by molar-refractivity contribution is 0.0946. The molecule has 7 heteroatoms. The number of amides is 1. The number of thiophene rings is 1. The Bertz CT molecular complexity index is 781. The van der Waals surface area contributed by atoms with E-state index in [4.69, 9.17) is 9.26 Å². The molecule has 1 aromatic carbocycles. The van der Waals surface area contributed by atoms with E-state index >= 15 is 0 Å². The maximum Gasteiger partial charge on any atom is 0.251 e. The summed E-state index contributed by atoms with van der Waals surface area (Å²) in [5.74, 6) is 0.798. The molecule has 114 valence electrons. The molecule has 0 saturated carbocycles. The van der Waals surface area contributed by atoms with E-state index in [1.807, 2.05) is 29.6 Å². The molecule has 6 nitrogen and oxygen atoms in total. The summed E-state index contributed by atoms with van der Waals surface area (Å²) < 4.78 is 11.2. The highest BCUT2D eigenvalue weighted by molar-refractivity contribution is 7.17. The Labute approximate surface area is 131 Å². The summed E-state index contributed by atoms with van der Waals surface area (Å²) in [6.07, 6.45) is 0.586. The molecule has 0 spiro atoms. The molecule has 2 heterocycles. The molecule has 0 atom stereocenters. The highest BCUT2D eigenvalue weighted by atomic mass is 32.1. The third-order valence-corrected chi connectivity index (χ3v) is 4.05. The minimum atomic E-state index is -0.162. The van der Waals surface area contributed by atoms with Gasteiger partial charge in [-0.2, -0.15) is 4.98 Å². The van der Waals surface area contributed by atoms with E-state index in [-0.39, 0.29) is 12.5 Å². The van der Waals surface area contributed by atoms with Gasteiger partial charge in [0, 0.05) is 23.8 Å². The lowest BCUT2D eigenvalue weighted by atomic mass is 10.1. The fourth-order valence-electron chi connectivity index (χ4n) is 2.02. The first kappa shape index (κ1) is 14.7. The van der Waals surface area contributed by atoms with Crippen LogP contribution >= 0.6 is 11.3 Å². The molecule has 0 radical (unpaired) electrons. The van der Waals surface area contributed by atoms with Gasteiger partial charge >= 0.3 is 0 Å². The maximum absolute atomic E-state index is 12.1. The van der Waals surface area contributed by atoms with Crippen LogP contribution in [0.25, 0.3) is 10.1 Å². The van der Waals surface area contributed by atoms with E-state index in [0.717, 1.165) is 10.1 Å². The number of nitrogens with zero attached hydrogens (tertiary/aromatic N) is 2. The van der Waals surface area contributed by atoms with Crippen LogP contribution in [0.15, 0.2) is 34.2 Å². The van der Waals surface area contributed by atoms with Gasteiger partial charge < -0.3 is 14.6 Å². The van der Waals surface area contributed by atoms with Crippen molar-refractivity contribution in [2.45, 2.75) is 13.0 Å². The predicted molar refractivity (Wildman–Crippen MR) is 82.9 cm³/mol. The molecule has 0 bridgehead atoms. The second kappa shape index (κ2) is 6.67. The second-order valence-corrected chi connectivity index (χ2v) is 5.65. The van der Waals surface area contributed by atoms with Gasteiger partial charge in [0.25, 0.3) is 5.91 Å². The van der Waals surface area contributed by atoms with Crippen molar-refractivity contribution in [2.24, 2.45) is 0 Å². The number of hydrogen-bond donors (Lipinski definition) is 1. The van der Waals surface area contributed by atoms with Crippen LogP contribution in [0.2, 0.25) is 0 Å². The van der Waals surface area contributed by atoms with E-state index in [0.29, 0.717) is 30.3 Å². The topological polar surface area (TPSA) is 77.3 Å². The molecule has 3 aromatic rings. The summed E-state index contributed by atoms with van der Waals surface area (Å²) in [6.45, 7) is 0.743. The number of methoxy groups -OCH3 is 1. The van der Waals surface area contributed by atoms with Gasteiger partial charge in [0.05, 0.1) is 13.2 Å². The molecule has 3 rings (SSSR count). The van der Waals surface area contributed by atoms with Gasteiger partial charge in [0.2, 0.25) is 5.89 Å². The van der Waals surface area contributed by atoms with E-state index in [2.05, 4.69) is 15.5 Å². The molecule has 0 aliphatic heterocycles. The maximum atomic E-state index is 12.1. The van der Waals surface area contributed by atoms with Crippen molar-refractivity contribution in [3.63, 3.8) is 0 Å². The Morgan fingerprint density at radius 3 is 3.18 bits per heavy atom. The largest absolute Gasteiger partial charge is 0.384 e. The van der Waals surface area contributed by atoms with Crippen molar-refractivity contribution < 1.29 is 14.1 Å². The molecule has 0 aliphatic rings. The van der Waals surface area contributed by atoms with Gasteiger partial charge in [-0.05, 0) is 35.0 Å². The molecule has 2 aromatic heterocycles. The Hall–Kier alpha value is -2.25. The number of carbonyl (C=O) groups excluding carboxylic acids is 1. The molecule has 1 amide bonds. The third-order valence-electron chi connectivity index (χ3n) is 3.15. The molecule has 0 saturated heterocycles. The summed E-state index contributed by atoms with van der Waals surface area (Å²) in [7, 11) is 1.62. The fourth-order valence-corrected chi connectivity index (χ4v) is 2.79. The summed E-state index contributed by atoms with van der Waals surface area (Å²) >= 11 is 1.65. The second-order valence-electron chi connectivity index (χ2n) is 4.70. The van der Waals surface area contributed by atoms with Gasteiger partial charge in [-0.15, -0.1) is 11.3 Å². The van der Waals surface area contributed by atoms with Crippen molar-refractivity contribution in [1.82, 2.24) is 15.5 Å². The van der Waals surface area contributed by atoms with Crippen molar-refractivity contribution in [3.05, 3.63) is 46.9 Å². The molecule has 0 unspecified atom stereocenters. The molecule has 0 aliphatic carbocycles. The van der Waals surface area contributed by atoms with E-state index < -0.39 is 0 Å². The van der Waals surface area contributed by atoms with Crippen LogP contribution in [0, 0.1) is 0 Å². The van der Waals surface area contributed by atoms with E-state index in [9.17, 15) is 4.79 Å². The number of ether oxygens (including phenoxy) is 1. The number of carbonyl (C=O) groups is 1. The zero-order valence-electron chi connectivity index (χ0n) is 12.0. The zero-order valence-corrected chi connectivity index (χ0v) is 12.9. The minimum absolute atomic E-state index is 0.162. The van der Waals surface area contributed by atoms with Crippen LogP contribution in [0.4, 0.5) is 0 Å². The van der Waals surface area contributed by atoms with Crippen LogP contribution in [0.1, 0.15) is 22.1 Å². The average molecular weight is 317 g/mol. The molecular formula is C15H15N3O3S. The van der Waals surface area contributed by atoms with Gasteiger partial charge in [0.15, 0.2) is 5.82 Å². The van der Waals surface area contributed by atoms with E-state index in [1.165, 1.54) is 0 Å². The first-order chi connectivity index (χ1) is 10.8. The summed E-state index contributed by atoms with van der Waals surface area (Å²) in [4.78, 5) is 16.3. The Morgan fingerprint density at radius 2 is 2.32 bits per heavy atom. The standard InChI is InChI=1S/C15H15N3O3S/c1-20-6-4-13-17-14(21-18-13)9-16-15(19)11-2-3-12-10(8-11)5-7-22-12/h2-3,5,7-8H,4,6,9H2,1H3,(H,16,19). The van der Waals surface area contributed by atoms with Crippen LogP contribution in [0.5, 0.6) is 0 Å². The third kappa shape index (κ3) is 3.32. The Kier molecular flexibility index (Phi) is 4.45. The zero-order chi connectivity index (χ0) is 15.4. The van der Waals surface area contributed by atoms with Crippen molar-refractivity contribution in [3.8, 4) is 0 Å². The minimum Gasteiger partial charge on any atom is -0.384 e. The van der Waals surface area contributed by atoms with Crippen molar-refractivity contribution in [1.29, 1.82) is 0 Å². The van der Waals surface area contributed by atoms with E-state index in [1.54, 1.807) is 18.4 Å². The molecular weight excluding hydrogens is 302 g/mol. The average Bonchev–Trinajstić information content (AvgIpc) is 3.18. The first-order valence-electron chi connectivity index (χ1n) is 6.82. The lowest BCUT2D eigenvalue weighted by Crippen LogP contribution is -2.22. The summed E-state index contributed by atoms with van der Waals surface area (Å²) in [5, 5.41) is 9.67. The van der Waals surface area contributed by atoms with Crippen molar-refractivity contribution >= 4 is 27.3 Å². The quantitative estimate of drug-likeness (QED) is 0.755. The summed E-state index contributed by atoms with van der Waals surface area (Å²) in [6, 6.07) is 7.63. The number of fused-ring (bicyclic) bond motifs is 1. The van der Waals surface area contributed by atoms with Gasteiger partial charge in [-0.1, -0.05) is 5.16 Å². The van der Waals surface area contributed by atoms with Crippen LogP contribution < -0.4 is 5.32 Å². The SMILES string of the molecule is COCCc1noc(CNC(=O)c2ccc3sccc3c2)n1. The molecule has 22 heavy (non-hydrogen) atoms. The number of rotatable bonds is 6.